The van der Waals surface area contributed by atoms with E-state index in [0.29, 0.717) is 6.42 Å². The van der Waals surface area contributed by atoms with Gasteiger partial charge in [0.2, 0.25) is 0 Å². The van der Waals surface area contributed by atoms with Gasteiger partial charge in [-0.2, -0.15) is 0 Å². The molecule has 3 nitrogen and oxygen atoms in total. The minimum atomic E-state index is -0.807. The number of rotatable bonds is 13. The molecule has 0 heterocycles. The van der Waals surface area contributed by atoms with Crippen LogP contribution < -0.4 is 4.84 Å². The fourth-order valence-corrected chi connectivity index (χ4v) is 2.89. The van der Waals surface area contributed by atoms with Crippen LogP contribution in [-0.4, -0.2) is 29.0 Å². The Morgan fingerprint density at radius 3 is 1.91 bits per heavy atom. The van der Waals surface area contributed by atoms with Gasteiger partial charge >= 0.3 is 0 Å². The maximum Gasteiger partial charge on any atom is 0.0795 e. The molecule has 0 atom stereocenters. The number of aliphatic hydroxyl groups is 2. The Morgan fingerprint density at radius 1 is 0.870 bits per heavy atom. The molecule has 23 heavy (non-hydrogen) atoms. The van der Waals surface area contributed by atoms with Crippen molar-refractivity contribution in [3.63, 3.8) is 0 Å². The van der Waals surface area contributed by atoms with Gasteiger partial charge in [-0.05, 0) is 48.6 Å². The van der Waals surface area contributed by atoms with E-state index in [2.05, 4.69) is 36.0 Å². The predicted molar refractivity (Wildman–Crippen MR) is 97.7 cm³/mol. The summed E-state index contributed by atoms with van der Waals surface area (Å²) in [4.78, 5) is 2.52. The molecule has 0 aliphatic rings. The molecular formula is C19H32ClNO2. The molecule has 0 aromatic heterocycles. The Hall–Kier alpha value is -0.610. The van der Waals surface area contributed by atoms with Gasteiger partial charge < -0.3 is 10.2 Å². The Bertz CT molecular complexity index is 396. The standard InChI is InChI=1S/C19H32ClNO2/c1-2-3-4-5-6-7-8-17-9-11-18(12-10-17)13-14-19(15-22,16-23)21-20/h9-12,21-23H,2-8,13-16H2,1H3. The zero-order valence-corrected chi connectivity index (χ0v) is 15.1. The summed E-state index contributed by atoms with van der Waals surface area (Å²) < 4.78 is 0. The second kappa shape index (κ2) is 11.9. The van der Waals surface area contributed by atoms with Crippen molar-refractivity contribution >= 4 is 11.8 Å². The number of nitrogens with one attached hydrogen (secondary N) is 1. The first-order valence-corrected chi connectivity index (χ1v) is 9.25. The molecule has 132 valence electrons. The first-order valence-electron chi connectivity index (χ1n) is 8.87. The highest BCUT2D eigenvalue weighted by Crippen LogP contribution is 2.16. The number of hydrogen-bond donors (Lipinski definition) is 3. The molecule has 0 saturated heterocycles. The van der Waals surface area contributed by atoms with Crippen molar-refractivity contribution in [1.29, 1.82) is 0 Å². The van der Waals surface area contributed by atoms with Gasteiger partial charge in [0.1, 0.15) is 0 Å². The van der Waals surface area contributed by atoms with Crippen LogP contribution in [0.25, 0.3) is 0 Å². The third-order valence-electron chi connectivity index (χ3n) is 4.54. The first-order chi connectivity index (χ1) is 11.2. The average Bonchev–Trinajstić information content (AvgIpc) is 2.61. The molecule has 1 aromatic carbocycles. The lowest BCUT2D eigenvalue weighted by Gasteiger charge is -2.27. The summed E-state index contributed by atoms with van der Waals surface area (Å²) in [5.74, 6) is 0. The molecule has 1 rings (SSSR count). The van der Waals surface area contributed by atoms with Gasteiger partial charge in [0.15, 0.2) is 0 Å². The van der Waals surface area contributed by atoms with E-state index in [-0.39, 0.29) is 13.2 Å². The molecule has 0 unspecified atom stereocenters. The van der Waals surface area contributed by atoms with Crippen LogP contribution in [0.2, 0.25) is 0 Å². The second-order valence-electron chi connectivity index (χ2n) is 6.53. The van der Waals surface area contributed by atoms with Crippen LogP contribution in [0.3, 0.4) is 0 Å². The van der Waals surface area contributed by atoms with Crippen molar-refractivity contribution in [2.24, 2.45) is 0 Å². The molecule has 0 aliphatic carbocycles. The molecule has 3 N–H and O–H groups in total. The molecule has 4 heteroatoms. The molecule has 0 spiro atoms. The van der Waals surface area contributed by atoms with E-state index in [0.717, 1.165) is 12.8 Å². The number of benzene rings is 1. The predicted octanol–water partition coefficient (Wildman–Crippen LogP) is 3.99. The number of unbranched alkanes of at least 4 members (excludes halogenated alkanes) is 5. The average molecular weight is 342 g/mol. The van der Waals surface area contributed by atoms with E-state index in [4.69, 9.17) is 11.8 Å². The molecule has 0 bridgehead atoms. The van der Waals surface area contributed by atoms with Crippen molar-refractivity contribution in [3.05, 3.63) is 35.4 Å². The Labute approximate surface area is 146 Å². The molecular weight excluding hydrogens is 310 g/mol. The number of aliphatic hydroxyl groups excluding tert-OH is 2. The van der Waals surface area contributed by atoms with E-state index in [1.165, 1.54) is 49.7 Å². The summed E-state index contributed by atoms with van der Waals surface area (Å²) >= 11 is 5.65. The van der Waals surface area contributed by atoms with Gasteiger partial charge in [-0.3, -0.25) is 0 Å². The van der Waals surface area contributed by atoms with Gasteiger partial charge in [-0.1, -0.05) is 63.3 Å². The summed E-state index contributed by atoms with van der Waals surface area (Å²) in [6.45, 7) is 1.89. The lowest BCUT2D eigenvalue weighted by molar-refractivity contribution is 0.103. The minimum Gasteiger partial charge on any atom is -0.394 e. The third kappa shape index (κ3) is 7.67. The van der Waals surface area contributed by atoms with Gasteiger partial charge in [-0.25, -0.2) is 4.84 Å². The zero-order chi connectivity index (χ0) is 17.0. The van der Waals surface area contributed by atoms with E-state index < -0.39 is 5.54 Å². The molecule has 0 saturated carbocycles. The van der Waals surface area contributed by atoms with Crippen LogP contribution in [0.4, 0.5) is 0 Å². The fraction of sp³-hybridized carbons (Fsp3) is 0.684. The van der Waals surface area contributed by atoms with Crippen LogP contribution in [0.15, 0.2) is 24.3 Å². The maximum absolute atomic E-state index is 9.37. The zero-order valence-electron chi connectivity index (χ0n) is 14.4. The van der Waals surface area contributed by atoms with Gasteiger partial charge in [0, 0.05) is 0 Å². The van der Waals surface area contributed by atoms with E-state index >= 15 is 0 Å². The number of hydrogen-bond acceptors (Lipinski definition) is 3. The van der Waals surface area contributed by atoms with E-state index in [9.17, 15) is 10.2 Å². The normalized spacial score (nSPS) is 11.8. The van der Waals surface area contributed by atoms with E-state index in [1.807, 2.05) is 0 Å². The number of halogens is 1. The van der Waals surface area contributed by atoms with Crippen molar-refractivity contribution < 1.29 is 10.2 Å². The lowest BCUT2D eigenvalue weighted by Crippen LogP contribution is -2.47. The number of aryl methyl sites for hydroxylation is 2. The summed E-state index contributed by atoms with van der Waals surface area (Å²) in [6, 6.07) is 8.66. The van der Waals surface area contributed by atoms with Crippen LogP contribution in [0, 0.1) is 0 Å². The quantitative estimate of drug-likeness (QED) is 0.375. The minimum absolute atomic E-state index is 0.177. The SMILES string of the molecule is CCCCCCCCc1ccc(CCC(CO)(CO)NCl)cc1. The van der Waals surface area contributed by atoms with Crippen molar-refractivity contribution in [2.45, 2.75) is 70.3 Å². The highest BCUT2D eigenvalue weighted by Gasteiger charge is 2.27. The van der Waals surface area contributed by atoms with E-state index in [1.54, 1.807) is 0 Å². The molecule has 1 aromatic rings. The van der Waals surface area contributed by atoms with Crippen LogP contribution in [0.1, 0.15) is 63.0 Å². The Kier molecular flexibility index (Phi) is 10.5. The second-order valence-corrected chi connectivity index (χ2v) is 6.71. The summed E-state index contributed by atoms with van der Waals surface area (Å²) in [5, 5.41) is 18.7. The van der Waals surface area contributed by atoms with Gasteiger partial charge in [0.25, 0.3) is 0 Å². The summed E-state index contributed by atoms with van der Waals surface area (Å²) in [5.41, 5.74) is 1.78. The lowest BCUT2D eigenvalue weighted by atomic mass is 9.93. The van der Waals surface area contributed by atoms with Gasteiger partial charge in [-0.15, -0.1) is 0 Å². The monoisotopic (exact) mass is 341 g/mol. The molecule has 0 fully saturated rings. The highest BCUT2D eigenvalue weighted by molar-refractivity contribution is 6.13. The van der Waals surface area contributed by atoms with Crippen LogP contribution in [-0.2, 0) is 12.8 Å². The van der Waals surface area contributed by atoms with Crippen LogP contribution in [0.5, 0.6) is 0 Å². The third-order valence-corrected chi connectivity index (χ3v) is 4.94. The highest BCUT2D eigenvalue weighted by atomic mass is 35.5. The van der Waals surface area contributed by atoms with Crippen molar-refractivity contribution in [1.82, 2.24) is 4.84 Å². The summed E-state index contributed by atoms with van der Waals surface area (Å²) in [7, 11) is 0. The van der Waals surface area contributed by atoms with Crippen molar-refractivity contribution in [2.75, 3.05) is 13.2 Å². The maximum atomic E-state index is 9.37. The van der Waals surface area contributed by atoms with Crippen LogP contribution >= 0.6 is 11.8 Å². The summed E-state index contributed by atoms with van der Waals surface area (Å²) in [6.07, 6.45) is 10.5. The molecule has 0 radical (unpaired) electrons. The fourth-order valence-electron chi connectivity index (χ4n) is 2.68. The Morgan fingerprint density at radius 2 is 1.39 bits per heavy atom. The molecule has 0 aliphatic heterocycles. The Balaban J connectivity index is 2.33. The smallest absolute Gasteiger partial charge is 0.0795 e. The van der Waals surface area contributed by atoms with Crippen molar-refractivity contribution in [3.8, 4) is 0 Å². The topological polar surface area (TPSA) is 52.5 Å². The first kappa shape index (κ1) is 20.4. The largest absolute Gasteiger partial charge is 0.394 e. The molecule has 0 amide bonds. The van der Waals surface area contributed by atoms with Gasteiger partial charge in [0.05, 0.1) is 18.8 Å².